The summed E-state index contributed by atoms with van der Waals surface area (Å²) in [6.45, 7) is 6.37. The summed E-state index contributed by atoms with van der Waals surface area (Å²) < 4.78 is 0. The van der Waals surface area contributed by atoms with E-state index in [4.69, 9.17) is 0 Å². The molecule has 5 heteroatoms. The van der Waals surface area contributed by atoms with Crippen LogP contribution in [0.4, 0.5) is 0 Å². The van der Waals surface area contributed by atoms with Gasteiger partial charge < -0.3 is 16.0 Å². The molecule has 0 aromatic heterocycles. The van der Waals surface area contributed by atoms with Gasteiger partial charge in [-0.25, -0.2) is 0 Å². The van der Waals surface area contributed by atoms with Gasteiger partial charge in [0.1, 0.15) is 6.04 Å². The molecule has 2 amide bonds. The van der Waals surface area contributed by atoms with Crippen LogP contribution >= 0.6 is 0 Å². The van der Waals surface area contributed by atoms with E-state index < -0.39 is 6.04 Å². The van der Waals surface area contributed by atoms with Crippen LogP contribution in [-0.4, -0.2) is 36.5 Å². The topological polar surface area (TPSA) is 70.2 Å². The van der Waals surface area contributed by atoms with Gasteiger partial charge in [0.25, 0.3) is 0 Å². The highest BCUT2D eigenvalue weighted by atomic mass is 16.2. The van der Waals surface area contributed by atoms with Crippen LogP contribution < -0.4 is 16.0 Å². The van der Waals surface area contributed by atoms with Crippen LogP contribution in [0.25, 0.3) is 0 Å². The first-order valence-electron chi connectivity index (χ1n) is 5.85. The molecule has 0 bridgehead atoms. The van der Waals surface area contributed by atoms with Gasteiger partial charge in [0.2, 0.25) is 11.8 Å². The molecule has 1 unspecified atom stereocenters. The third-order valence-electron chi connectivity index (χ3n) is 2.56. The smallest absolute Gasteiger partial charge is 0.242 e. The Morgan fingerprint density at radius 1 is 1.25 bits per heavy atom. The summed E-state index contributed by atoms with van der Waals surface area (Å²) in [6, 6.07) is -0.511. The molecule has 0 spiro atoms. The van der Waals surface area contributed by atoms with Gasteiger partial charge in [-0.3, -0.25) is 9.59 Å². The average molecular weight is 227 g/mol. The summed E-state index contributed by atoms with van der Waals surface area (Å²) in [6.07, 6.45) is 1.87. The fourth-order valence-electron chi connectivity index (χ4n) is 1.70. The highest BCUT2D eigenvalue weighted by molar-refractivity contribution is 5.89. The zero-order valence-electron chi connectivity index (χ0n) is 10.2. The van der Waals surface area contributed by atoms with E-state index >= 15 is 0 Å². The Hall–Kier alpha value is -1.10. The van der Waals surface area contributed by atoms with Gasteiger partial charge in [0.15, 0.2) is 0 Å². The predicted octanol–water partition coefficient (Wildman–Crippen LogP) is -0.232. The number of hydrogen-bond donors (Lipinski definition) is 3. The Morgan fingerprint density at radius 3 is 2.44 bits per heavy atom. The van der Waals surface area contributed by atoms with Crippen molar-refractivity contribution in [3.05, 3.63) is 0 Å². The Kier molecular flexibility index (Phi) is 4.73. The van der Waals surface area contributed by atoms with Crippen molar-refractivity contribution in [2.75, 3.05) is 6.54 Å². The molecule has 5 nitrogen and oxygen atoms in total. The van der Waals surface area contributed by atoms with Crippen LogP contribution in [0.15, 0.2) is 0 Å². The fraction of sp³-hybridized carbons (Fsp3) is 0.818. The highest BCUT2D eigenvalue weighted by Gasteiger charge is 2.24. The lowest BCUT2D eigenvalue weighted by atomic mass is 10.2. The predicted molar refractivity (Wildman–Crippen MR) is 61.9 cm³/mol. The first-order valence-corrected chi connectivity index (χ1v) is 5.85. The van der Waals surface area contributed by atoms with Gasteiger partial charge in [-0.2, -0.15) is 0 Å². The van der Waals surface area contributed by atoms with Gasteiger partial charge in [-0.1, -0.05) is 0 Å². The van der Waals surface area contributed by atoms with Crippen molar-refractivity contribution in [1.82, 2.24) is 16.0 Å². The minimum Gasteiger partial charge on any atom is -0.352 e. The molecular weight excluding hydrogens is 206 g/mol. The first kappa shape index (κ1) is 13.0. The summed E-state index contributed by atoms with van der Waals surface area (Å²) >= 11 is 0. The van der Waals surface area contributed by atoms with Crippen molar-refractivity contribution in [2.24, 2.45) is 0 Å². The molecule has 3 N–H and O–H groups in total. The summed E-state index contributed by atoms with van der Waals surface area (Å²) in [7, 11) is 0. The monoisotopic (exact) mass is 227 g/mol. The molecule has 2 atom stereocenters. The molecular formula is C11H21N3O2. The van der Waals surface area contributed by atoms with Gasteiger partial charge in [-0.15, -0.1) is 0 Å². The summed E-state index contributed by atoms with van der Waals surface area (Å²) in [5, 5.41) is 8.58. The number of hydrogen-bond acceptors (Lipinski definition) is 3. The van der Waals surface area contributed by atoms with E-state index in [-0.39, 0.29) is 23.9 Å². The van der Waals surface area contributed by atoms with Crippen LogP contribution in [-0.2, 0) is 9.59 Å². The molecule has 0 saturated carbocycles. The maximum Gasteiger partial charge on any atom is 0.242 e. The molecule has 0 aromatic carbocycles. The summed E-state index contributed by atoms with van der Waals surface area (Å²) in [5.41, 5.74) is 0. The maximum atomic E-state index is 11.7. The molecule has 1 rings (SSSR count). The minimum atomic E-state index is -0.475. The third kappa shape index (κ3) is 3.81. The van der Waals surface area contributed by atoms with E-state index in [1.54, 1.807) is 6.92 Å². The largest absolute Gasteiger partial charge is 0.352 e. The summed E-state index contributed by atoms with van der Waals surface area (Å²) in [5.74, 6) is -0.217. The Balaban J connectivity index is 2.35. The average Bonchev–Trinajstić information content (AvgIpc) is 2.68. The number of rotatable bonds is 4. The summed E-state index contributed by atoms with van der Waals surface area (Å²) in [4.78, 5) is 23.2. The standard InChI is InChI=1S/C11H21N3O2/c1-7(2)13-10(15)8(3)14-11(16)9-5-4-6-12-9/h7-9,12H,4-6H2,1-3H3,(H,13,15)(H,14,16)/t8?,9-/m0/s1. The quantitative estimate of drug-likeness (QED) is 0.621. The van der Waals surface area contributed by atoms with Crippen molar-refractivity contribution >= 4 is 11.8 Å². The molecule has 92 valence electrons. The molecule has 1 aliphatic rings. The normalized spacial score (nSPS) is 21.9. The Labute approximate surface area is 96.4 Å². The van der Waals surface area contributed by atoms with E-state index in [0.29, 0.717) is 0 Å². The second-order valence-electron chi connectivity index (χ2n) is 4.54. The lowest BCUT2D eigenvalue weighted by Crippen LogP contribution is -2.51. The number of amides is 2. The number of carbonyl (C=O) groups is 2. The molecule has 1 fully saturated rings. The van der Waals surface area contributed by atoms with Crippen molar-refractivity contribution in [3.8, 4) is 0 Å². The molecule has 0 radical (unpaired) electrons. The van der Waals surface area contributed by atoms with Crippen molar-refractivity contribution in [2.45, 2.75) is 51.7 Å². The van der Waals surface area contributed by atoms with Gasteiger partial charge in [0, 0.05) is 6.04 Å². The van der Waals surface area contributed by atoms with E-state index in [1.165, 1.54) is 0 Å². The Bertz CT molecular complexity index is 260. The number of nitrogens with one attached hydrogen (secondary N) is 3. The first-order chi connectivity index (χ1) is 7.50. The maximum absolute atomic E-state index is 11.7. The van der Waals surface area contributed by atoms with E-state index in [1.807, 2.05) is 13.8 Å². The van der Waals surface area contributed by atoms with Gasteiger partial charge in [-0.05, 0) is 40.2 Å². The van der Waals surface area contributed by atoms with Crippen molar-refractivity contribution < 1.29 is 9.59 Å². The van der Waals surface area contributed by atoms with Gasteiger partial charge >= 0.3 is 0 Å². The van der Waals surface area contributed by atoms with Crippen molar-refractivity contribution in [3.63, 3.8) is 0 Å². The fourth-order valence-corrected chi connectivity index (χ4v) is 1.70. The van der Waals surface area contributed by atoms with Gasteiger partial charge in [0.05, 0.1) is 6.04 Å². The molecule has 1 aliphatic heterocycles. The lowest BCUT2D eigenvalue weighted by Gasteiger charge is -2.18. The minimum absolute atomic E-state index is 0.0797. The Morgan fingerprint density at radius 2 is 1.94 bits per heavy atom. The van der Waals surface area contributed by atoms with Crippen molar-refractivity contribution in [1.29, 1.82) is 0 Å². The highest BCUT2D eigenvalue weighted by Crippen LogP contribution is 2.04. The zero-order valence-corrected chi connectivity index (χ0v) is 10.2. The lowest BCUT2D eigenvalue weighted by molar-refractivity contribution is -0.129. The molecule has 0 aliphatic carbocycles. The third-order valence-corrected chi connectivity index (χ3v) is 2.56. The van der Waals surface area contributed by atoms with Crippen LogP contribution in [0.1, 0.15) is 33.6 Å². The van der Waals surface area contributed by atoms with Crippen LogP contribution in [0.3, 0.4) is 0 Å². The SMILES string of the molecule is CC(C)NC(=O)C(C)NC(=O)[C@@H]1CCCN1. The van der Waals surface area contributed by atoms with Crippen LogP contribution in [0.2, 0.25) is 0 Å². The molecule has 0 aromatic rings. The molecule has 1 saturated heterocycles. The van der Waals surface area contributed by atoms with Crippen LogP contribution in [0, 0.1) is 0 Å². The van der Waals surface area contributed by atoms with E-state index in [0.717, 1.165) is 19.4 Å². The number of carbonyl (C=O) groups excluding carboxylic acids is 2. The molecule has 16 heavy (non-hydrogen) atoms. The second kappa shape index (κ2) is 5.84. The van der Waals surface area contributed by atoms with E-state index in [2.05, 4.69) is 16.0 Å². The second-order valence-corrected chi connectivity index (χ2v) is 4.54. The van der Waals surface area contributed by atoms with E-state index in [9.17, 15) is 9.59 Å². The van der Waals surface area contributed by atoms with Crippen LogP contribution in [0.5, 0.6) is 0 Å². The zero-order chi connectivity index (χ0) is 12.1. The molecule has 1 heterocycles.